The van der Waals surface area contributed by atoms with Crippen molar-refractivity contribution in [2.45, 2.75) is 32.7 Å². The van der Waals surface area contributed by atoms with E-state index in [0.717, 1.165) is 23.0 Å². The number of anilines is 2. The van der Waals surface area contributed by atoms with Gasteiger partial charge in [-0.25, -0.2) is 4.98 Å². The Balaban J connectivity index is 2.00. The second-order valence-electron chi connectivity index (χ2n) is 4.08. The van der Waals surface area contributed by atoms with Gasteiger partial charge < -0.3 is 11.1 Å². The Morgan fingerprint density at radius 2 is 2.43 bits per heavy atom. The Labute approximate surface area is 84.7 Å². The van der Waals surface area contributed by atoms with E-state index in [9.17, 15) is 0 Å². The SMILES string of the molecule is CCC1CC1Nc1cc(N)c(C)cn1. The fourth-order valence-electron chi connectivity index (χ4n) is 1.68. The Bertz CT molecular complexity index is 335. The van der Waals surface area contributed by atoms with Crippen LogP contribution in [0.1, 0.15) is 25.3 Å². The highest BCUT2D eigenvalue weighted by Crippen LogP contribution is 2.35. The smallest absolute Gasteiger partial charge is 0.128 e. The normalized spacial score (nSPS) is 24.7. The third-order valence-electron chi connectivity index (χ3n) is 2.93. The van der Waals surface area contributed by atoms with Gasteiger partial charge in [0, 0.05) is 24.0 Å². The number of nitrogens with two attached hydrogens (primary N) is 1. The molecule has 2 atom stereocenters. The molecule has 1 aliphatic rings. The molecule has 0 spiro atoms. The van der Waals surface area contributed by atoms with E-state index >= 15 is 0 Å². The van der Waals surface area contributed by atoms with Crippen molar-refractivity contribution >= 4 is 11.5 Å². The molecular formula is C11H17N3. The average Bonchev–Trinajstić information content (AvgIpc) is 2.90. The molecule has 0 saturated heterocycles. The summed E-state index contributed by atoms with van der Waals surface area (Å²) < 4.78 is 0. The van der Waals surface area contributed by atoms with Crippen molar-refractivity contribution in [3.8, 4) is 0 Å². The van der Waals surface area contributed by atoms with Crippen LogP contribution in [0.3, 0.4) is 0 Å². The highest BCUT2D eigenvalue weighted by Gasteiger charge is 2.35. The molecule has 0 bridgehead atoms. The Hall–Kier alpha value is -1.25. The largest absolute Gasteiger partial charge is 0.398 e. The van der Waals surface area contributed by atoms with Crippen LogP contribution in [0, 0.1) is 12.8 Å². The zero-order chi connectivity index (χ0) is 10.1. The third-order valence-corrected chi connectivity index (χ3v) is 2.93. The monoisotopic (exact) mass is 191 g/mol. The topological polar surface area (TPSA) is 50.9 Å². The number of nitrogens with one attached hydrogen (secondary N) is 1. The number of pyridine rings is 1. The van der Waals surface area contributed by atoms with E-state index in [-0.39, 0.29) is 0 Å². The van der Waals surface area contributed by atoms with Crippen molar-refractivity contribution in [3.05, 3.63) is 17.8 Å². The van der Waals surface area contributed by atoms with Crippen LogP contribution >= 0.6 is 0 Å². The van der Waals surface area contributed by atoms with Crippen LogP contribution < -0.4 is 11.1 Å². The summed E-state index contributed by atoms with van der Waals surface area (Å²) in [6.07, 6.45) is 4.34. The first-order chi connectivity index (χ1) is 6.70. The maximum atomic E-state index is 5.80. The Morgan fingerprint density at radius 1 is 1.64 bits per heavy atom. The number of nitrogens with zero attached hydrogens (tertiary/aromatic N) is 1. The minimum Gasteiger partial charge on any atom is -0.398 e. The Morgan fingerprint density at radius 3 is 3.00 bits per heavy atom. The van der Waals surface area contributed by atoms with Gasteiger partial charge >= 0.3 is 0 Å². The van der Waals surface area contributed by atoms with Crippen LogP contribution in [-0.4, -0.2) is 11.0 Å². The maximum Gasteiger partial charge on any atom is 0.128 e. The summed E-state index contributed by atoms with van der Waals surface area (Å²) in [5, 5.41) is 3.39. The van der Waals surface area contributed by atoms with Crippen LogP contribution in [0.15, 0.2) is 12.3 Å². The second kappa shape index (κ2) is 3.48. The van der Waals surface area contributed by atoms with Crippen LogP contribution in [0.2, 0.25) is 0 Å². The molecule has 0 aliphatic heterocycles. The summed E-state index contributed by atoms with van der Waals surface area (Å²) in [6, 6.07) is 2.54. The quantitative estimate of drug-likeness (QED) is 0.770. The number of aryl methyl sites for hydroxylation is 1. The first kappa shape index (κ1) is 9.31. The third kappa shape index (κ3) is 1.81. The lowest BCUT2D eigenvalue weighted by Gasteiger charge is -2.06. The van der Waals surface area contributed by atoms with E-state index in [2.05, 4.69) is 17.2 Å². The molecule has 2 rings (SSSR count). The molecular weight excluding hydrogens is 174 g/mol. The highest BCUT2D eigenvalue weighted by atomic mass is 15.0. The predicted octanol–water partition coefficient (Wildman–Crippen LogP) is 2.18. The lowest BCUT2D eigenvalue weighted by molar-refractivity contribution is 0.773. The van der Waals surface area contributed by atoms with Crippen LogP contribution in [0.4, 0.5) is 11.5 Å². The fourth-order valence-corrected chi connectivity index (χ4v) is 1.68. The molecule has 0 radical (unpaired) electrons. The molecule has 14 heavy (non-hydrogen) atoms. The van der Waals surface area contributed by atoms with Gasteiger partial charge in [0.2, 0.25) is 0 Å². The summed E-state index contributed by atoms with van der Waals surface area (Å²) >= 11 is 0. The van der Waals surface area contributed by atoms with E-state index < -0.39 is 0 Å². The first-order valence-electron chi connectivity index (χ1n) is 5.19. The van der Waals surface area contributed by atoms with Crippen molar-refractivity contribution in [2.75, 3.05) is 11.1 Å². The first-order valence-corrected chi connectivity index (χ1v) is 5.19. The molecule has 3 nitrogen and oxygen atoms in total. The van der Waals surface area contributed by atoms with Crippen molar-refractivity contribution in [1.82, 2.24) is 4.98 Å². The summed E-state index contributed by atoms with van der Waals surface area (Å²) in [5.74, 6) is 1.74. The molecule has 1 fully saturated rings. The van der Waals surface area contributed by atoms with Crippen LogP contribution in [-0.2, 0) is 0 Å². The van der Waals surface area contributed by atoms with Crippen LogP contribution in [0.25, 0.3) is 0 Å². The van der Waals surface area contributed by atoms with Gasteiger partial charge in [0.25, 0.3) is 0 Å². The molecule has 1 aromatic rings. The van der Waals surface area contributed by atoms with Gasteiger partial charge in [-0.2, -0.15) is 0 Å². The minimum atomic E-state index is 0.620. The number of hydrogen-bond donors (Lipinski definition) is 2. The molecule has 3 N–H and O–H groups in total. The van der Waals surface area contributed by atoms with Crippen molar-refractivity contribution in [2.24, 2.45) is 5.92 Å². The van der Waals surface area contributed by atoms with Gasteiger partial charge in [-0.05, 0) is 24.8 Å². The zero-order valence-corrected chi connectivity index (χ0v) is 8.75. The van der Waals surface area contributed by atoms with E-state index in [1.165, 1.54) is 12.8 Å². The average molecular weight is 191 g/mol. The van der Waals surface area contributed by atoms with Crippen molar-refractivity contribution in [1.29, 1.82) is 0 Å². The molecule has 1 saturated carbocycles. The van der Waals surface area contributed by atoms with E-state index in [0.29, 0.717) is 6.04 Å². The van der Waals surface area contributed by atoms with Gasteiger partial charge in [-0.1, -0.05) is 13.3 Å². The molecule has 1 aromatic heterocycles. The molecule has 0 amide bonds. The summed E-state index contributed by atoms with van der Waals surface area (Å²) in [6.45, 7) is 4.20. The molecule has 1 aliphatic carbocycles. The lowest BCUT2D eigenvalue weighted by Crippen LogP contribution is -2.06. The second-order valence-corrected chi connectivity index (χ2v) is 4.08. The lowest BCUT2D eigenvalue weighted by atomic mass is 10.2. The summed E-state index contributed by atoms with van der Waals surface area (Å²) in [4.78, 5) is 4.30. The molecule has 0 aromatic carbocycles. The van der Waals surface area contributed by atoms with E-state index in [4.69, 9.17) is 5.73 Å². The van der Waals surface area contributed by atoms with Gasteiger partial charge in [-0.3, -0.25) is 0 Å². The molecule has 1 heterocycles. The highest BCUT2D eigenvalue weighted by molar-refractivity contribution is 5.54. The zero-order valence-electron chi connectivity index (χ0n) is 8.75. The van der Waals surface area contributed by atoms with Gasteiger partial charge in [-0.15, -0.1) is 0 Å². The van der Waals surface area contributed by atoms with Crippen molar-refractivity contribution in [3.63, 3.8) is 0 Å². The number of nitrogen functional groups attached to an aromatic ring is 1. The number of aromatic nitrogens is 1. The van der Waals surface area contributed by atoms with E-state index in [1.54, 1.807) is 0 Å². The minimum absolute atomic E-state index is 0.620. The summed E-state index contributed by atoms with van der Waals surface area (Å²) in [7, 11) is 0. The fraction of sp³-hybridized carbons (Fsp3) is 0.545. The van der Waals surface area contributed by atoms with Gasteiger partial charge in [0.05, 0.1) is 0 Å². The van der Waals surface area contributed by atoms with Crippen LogP contribution in [0.5, 0.6) is 0 Å². The number of hydrogen-bond acceptors (Lipinski definition) is 3. The Kier molecular flexibility index (Phi) is 2.32. The van der Waals surface area contributed by atoms with Gasteiger partial charge in [0.15, 0.2) is 0 Å². The van der Waals surface area contributed by atoms with Crippen molar-refractivity contribution < 1.29 is 0 Å². The molecule has 3 heteroatoms. The number of rotatable bonds is 3. The van der Waals surface area contributed by atoms with Gasteiger partial charge in [0.1, 0.15) is 5.82 Å². The molecule has 76 valence electrons. The summed E-state index contributed by atoms with van der Waals surface area (Å²) in [5.41, 5.74) is 7.66. The predicted molar refractivity (Wildman–Crippen MR) is 59.2 cm³/mol. The van der Waals surface area contributed by atoms with E-state index in [1.807, 2.05) is 19.2 Å². The maximum absolute atomic E-state index is 5.80. The molecule has 2 unspecified atom stereocenters. The standard InChI is InChI=1S/C11H17N3/c1-3-8-4-10(8)14-11-5-9(12)7(2)6-13-11/h5-6,8,10H,3-4H2,1-2H3,(H3,12,13,14).